The number of benzene rings is 2. The molecule has 0 radical (unpaired) electrons. The lowest BCUT2D eigenvalue weighted by molar-refractivity contribution is -0.140. The van der Waals surface area contributed by atoms with Gasteiger partial charge in [-0.1, -0.05) is 0 Å². The second-order valence-electron chi connectivity index (χ2n) is 5.17. The van der Waals surface area contributed by atoms with Gasteiger partial charge < -0.3 is 5.32 Å². The highest BCUT2D eigenvalue weighted by atomic mass is 19.4. The van der Waals surface area contributed by atoms with Crippen LogP contribution in [0, 0.1) is 5.82 Å². The molecule has 0 saturated heterocycles. The minimum Gasteiger partial charge on any atom is -0.322 e. The molecule has 2 aromatic carbocycles. The monoisotopic (exact) mass is 398 g/mol. The van der Waals surface area contributed by atoms with Crippen LogP contribution >= 0.6 is 0 Å². The van der Waals surface area contributed by atoms with E-state index >= 15 is 0 Å². The van der Waals surface area contributed by atoms with Crippen molar-refractivity contribution in [3.8, 4) is 0 Å². The number of rotatable bonds is 3. The molecule has 27 heavy (non-hydrogen) atoms. The van der Waals surface area contributed by atoms with Gasteiger partial charge in [0.2, 0.25) is 0 Å². The third-order valence-corrected chi connectivity index (χ3v) is 3.31. The first-order valence-electron chi connectivity index (χ1n) is 6.88. The predicted molar refractivity (Wildman–Crippen MR) is 76.9 cm³/mol. The standard InChI is InChI=1S/C15H9F7N2O3/c16-11-3-1-7(5-9(11)14(17,18)19)13(25)23-8-2-4-12(24(26)27)10(6-8)15(20,21)22/h1-6,26-27H,(H,23,25). The Morgan fingerprint density at radius 1 is 0.889 bits per heavy atom. The predicted octanol–water partition coefficient (Wildman–Crippen LogP) is 4.70. The molecule has 0 spiro atoms. The summed E-state index contributed by atoms with van der Waals surface area (Å²) in [6.07, 6.45) is -10.1. The number of anilines is 2. The number of nitrogens with zero attached hydrogens (tertiary/aromatic N) is 1. The van der Waals surface area contributed by atoms with Crippen molar-refractivity contribution in [1.29, 1.82) is 0 Å². The summed E-state index contributed by atoms with van der Waals surface area (Å²) in [5.41, 5.74) is -5.41. The van der Waals surface area contributed by atoms with Crippen molar-refractivity contribution in [3.63, 3.8) is 0 Å². The highest BCUT2D eigenvalue weighted by Crippen LogP contribution is 2.38. The van der Waals surface area contributed by atoms with Crippen LogP contribution in [0.5, 0.6) is 0 Å². The fourth-order valence-corrected chi connectivity index (χ4v) is 2.10. The van der Waals surface area contributed by atoms with Crippen LogP contribution in [0.1, 0.15) is 21.5 Å². The molecule has 0 aromatic heterocycles. The summed E-state index contributed by atoms with van der Waals surface area (Å²) in [6.45, 7) is 0. The van der Waals surface area contributed by atoms with Crippen molar-refractivity contribution in [1.82, 2.24) is 0 Å². The normalized spacial score (nSPS) is 12.0. The van der Waals surface area contributed by atoms with Gasteiger partial charge in [0, 0.05) is 11.3 Å². The van der Waals surface area contributed by atoms with Crippen LogP contribution in [0.4, 0.5) is 42.1 Å². The lowest BCUT2D eigenvalue weighted by Crippen LogP contribution is -2.19. The van der Waals surface area contributed by atoms with Crippen molar-refractivity contribution in [2.24, 2.45) is 0 Å². The van der Waals surface area contributed by atoms with Gasteiger partial charge in [0.1, 0.15) is 11.5 Å². The van der Waals surface area contributed by atoms with Crippen LogP contribution in [-0.4, -0.2) is 16.3 Å². The van der Waals surface area contributed by atoms with Gasteiger partial charge in [-0.3, -0.25) is 15.2 Å². The Kier molecular flexibility index (Phi) is 5.33. The van der Waals surface area contributed by atoms with E-state index in [4.69, 9.17) is 10.4 Å². The van der Waals surface area contributed by atoms with Crippen molar-refractivity contribution in [2.75, 3.05) is 10.5 Å². The highest BCUT2D eigenvalue weighted by Gasteiger charge is 2.36. The molecule has 0 unspecified atom stereocenters. The summed E-state index contributed by atoms with van der Waals surface area (Å²) in [5.74, 6) is -2.85. The molecule has 2 aromatic rings. The van der Waals surface area contributed by atoms with E-state index in [-0.39, 0.29) is 6.07 Å². The van der Waals surface area contributed by atoms with Crippen molar-refractivity contribution in [2.45, 2.75) is 12.4 Å². The molecule has 0 aliphatic rings. The highest BCUT2D eigenvalue weighted by molar-refractivity contribution is 6.04. The molecule has 3 N–H and O–H groups in total. The molecule has 146 valence electrons. The zero-order valence-corrected chi connectivity index (χ0v) is 12.9. The quantitative estimate of drug-likeness (QED) is 0.518. The van der Waals surface area contributed by atoms with Gasteiger partial charge >= 0.3 is 12.4 Å². The van der Waals surface area contributed by atoms with Gasteiger partial charge in [0.15, 0.2) is 0 Å². The van der Waals surface area contributed by atoms with E-state index in [9.17, 15) is 35.5 Å². The number of carbonyl (C=O) groups is 1. The smallest absolute Gasteiger partial charge is 0.322 e. The van der Waals surface area contributed by atoms with Gasteiger partial charge in [0.25, 0.3) is 5.91 Å². The Hall–Kier alpha value is -2.86. The fraction of sp³-hybridized carbons (Fsp3) is 0.133. The zero-order chi connectivity index (χ0) is 20.6. The SMILES string of the molecule is O=C(Nc1ccc(N(O)O)c(C(F)(F)F)c1)c1ccc(F)c(C(F)(F)F)c1. The molecule has 0 fully saturated rings. The Morgan fingerprint density at radius 3 is 2.00 bits per heavy atom. The van der Waals surface area contributed by atoms with Gasteiger partial charge in [-0.05, 0) is 36.4 Å². The lowest BCUT2D eigenvalue weighted by Gasteiger charge is -2.17. The maximum atomic E-state index is 13.2. The van der Waals surface area contributed by atoms with Gasteiger partial charge in [0.05, 0.1) is 11.1 Å². The summed E-state index contributed by atoms with van der Waals surface area (Å²) >= 11 is 0. The van der Waals surface area contributed by atoms with Crippen LogP contribution in [-0.2, 0) is 12.4 Å². The first-order chi connectivity index (χ1) is 12.3. The van der Waals surface area contributed by atoms with Crippen LogP contribution in [0.15, 0.2) is 36.4 Å². The van der Waals surface area contributed by atoms with E-state index in [1.54, 1.807) is 0 Å². The van der Waals surface area contributed by atoms with Crippen LogP contribution in [0.3, 0.4) is 0 Å². The average Bonchev–Trinajstić information content (AvgIpc) is 2.53. The fourth-order valence-electron chi connectivity index (χ4n) is 2.10. The number of alkyl halides is 6. The molecule has 2 rings (SSSR count). The Balaban J connectivity index is 2.36. The number of halogens is 7. The maximum absolute atomic E-state index is 13.2. The zero-order valence-electron chi connectivity index (χ0n) is 12.9. The van der Waals surface area contributed by atoms with Gasteiger partial charge in [-0.2, -0.15) is 26.3 Å². The molecule has 0 bridgehead atoms. The largest absolute Gasteiger partial charge is 0.419 e. The second-order valence-corrected chi connectivity index (χ2v) is 5.17. The van der Waals surface area contributed by atoms with Crippen molar-refractivity contribution in [3.05, 3.63) is 58.9 Å². The number of amides is 1. The lowest BCUT2D eigenvalue weighted by atomic mass is 10.1. The minimum absolute atomic E-state index is 0.215. The maximum Gasteiger partial charge on any atom is 0.419 e. The van der Waals surface area contributed by atoms with Crippen LogP contribution < -0.4 is 10.5 Å². The summed E-state index contributed by atoms with van der Waals surface area (Å²) in [5, 5.41) is 18.8. The molecule has 0 atom stereocenters. The summed E-state index contributed by atoms with van der Waals surface area (Å²) in [7, 11) is 0. The molecule has 0 aliphatic heterocycles. The molecular weight excluding hydrogens is 389 g/mol. The molecule has 0 heterocycles. The molecule has 0 saturated carbocycles. The van der Waals surface area contributed by atoms with E-state index in [0.717, 1.165) is 12.1 Å². The Bertz CT molecular complexity index is 863. The molecule has 12 heteroatoms. The van der Waals surface area contributed by atoms with Gasteiger partial charge in [-0.15, -0.1) is 5.23 Å². The van der Waals surface area contributed by atoms with E-state index in [1.807, 2.05) is 5.32 Å². The number of carbonyl (C=O) groups excluding carboxylic acids is 1. The molecular formula is C15H9F7N2O3. The van der Waals surface area contributed by atoms with E-state index < -0.39 is 57.4 Å². The van der Waals surface area contributed by atoms with E-state index in [1.165, 1.54) is 0 Å². The minimum atomic E-state index is -5.07. The number of hydrogen-bond acceptors (Lipinski definition) is 4. The first kappa shape index (κ1) is 20.5. The third-order valence-electron chi connectivity index (χ3n) is 3.31. The summed E-state index contributed by atoms with van der Waals surface area (Å²) in [4.78, 5) is 12.0. The number of nitrogens with one attached hydrogen (secondary N) is 1. The van der Waals surface area contributed by atoms with Crippen molar-refractivity contribution < 1.29 is 45.9 Å². The van der Waals surface area contributed by atoms with Crippen LogP contribution in [0.2, 0.25) is 0 Å². The van der Waals surface area contributed by atoms with Crippen molar-refractivity contribution >= 4 is 17.3 Å². The first-order valence-corrected chi connectivity index (χ1v) is 6.88. The molecule has 5 nitrogen and oxygen atoms in total. The Labute approximate surface area is 146 Å². The third kappa shape index (κ3) is 4.65. The second kappa shape index (κ2) is 7.04. The molecule has 1 amide bonds. The topological polar surface area (TPSA) is 72.8 Å². The Morgan fingerprint density at radius 2 is 1.48 bits per heavy atom. The summed E-state index contributed by atoms with van der Waals surface area (Å²) in [6, 6.07) is 3.16. The number of hydrogen-bond donors (Lipinski definition) is 3. The van der Waals surface area contributed by atoms with E-state index in [0.29, 0.717) is 18.2 Å². The van der Waals surface area contributed by atoms with Crippen LogP contribution in [0.25, 0.3) is 0 Å². The summed E-state index contributed by atoms with van der Waals surface area (Å²) < 4.78 is 90.1. The van der Waals surface area contributed by atoms with E-state index in [2.05, 4.69) is 0 Å². The molecule has 0 aliphatic carbocycles. The van der Waals surface area contributed by atoms with Gasteiger partial charge in [-0.25, -0.2) is 4.39 Å². The average molecular weight is 398 g/mol.